The normalized spacial score (nSPS) is 33.4. The summed E-state index contributed by atoms with van der Waals surface area (Å²) in [5, 5.41) is 12.6. The molecule has 1 heterocycles. The van der Waals surface area contributed by atoms with Gasteiger partial charge in [0.05, 0.1) is 6.04 Å². The van der Waals surface area contributed by atoms with Crippen LogP contribution in [0, 0.1) is 5.92 Å². The van der Waals surface area contributed by atoms with Crippen molar-refractivity contribution in [2.45, 2.75) is 64.1 Å². The Bertz CT molecular complexity index is 294. The van der Waals surface area contributed by atoms with E-state index in [0.717, 1.165) is 38.6 Å². The number of rotatable bonds is 4. The minimum atomic E-state index is 0.0134. The van der Waals surface area contributed by atoms with Crippen LogP contribution >= 0.6 is 0 Å². The van der Waals surface area contributed by atoms with Crippen molar-refractivity contribution in [3.05, 3.63) is 0 Å². The second-order valence-corrected chi connectivity index (χ2v) is 6.06. The Morgan fingerprint density at radius 1 is 1.39 bits per heavy atom. The Kier molecular flexibility index (Phi) is 4.62. The van der Waals surface area contributed by atoms with E-state index in [1.54, 1.807) is 0 Å². The van der Waals surface area contributed by atoms with E-state index in [0.29, 0.717) is 18.0 Å². The Labute approximate surface area is 110 Å². The van der Waals surface area contributed by atoms with Gasteiger partial charge in [0.1, 0.15) is 0 Å². The molecule has 18 heavy (non-hydrogen) atoms. The molecule has 3 unspecified atom stereocenters. The highest BCUT2D eigenvalue weighted by atomic mass is 16.3. The molecule has 0 bridgehead atoms. The van der Waals surface area contributed by atoms with Gasteiger partial charge < -0.3 is 15.3 Å². The van der Waals surface area contributed by atoms with Gasteiger partial charge in [-0.1, -0.05) is 20.3 Å². The maximum Gasteiger partial charge on any atom is 0.240 e. The van der Waals surface area contributed by atoms with Crippen molar-refractivity contribution in [3.63, 3.8) is 0 Å². The summed E-state index contributed by atoms with van der Waals surface area (Å²) in [6.07, 6.45) is 5.27. The first-order valence-corrected chi connectivity index (χ1v) is 7.29. The molecule has 2 fully saturated rings. The molecule has 2 rings (SSSR count). The lowest BCUT2D eigenvalue weighted by molar-refractivity contribution is -0.132. The van der Waals surface area contributed by atoms with Crippen molar-refractivity contribution < 1.29 is 9.90 Å². The summed E-state index contributed by atoms with van der Waals surface area (Å²) in [5.41, 5.74) is 0. The SMILES string of the molecule is CC(C)NC1CCN(C2CCCC(CO)C2)C1=O. The Balaban J connectivity index is 1.92. The molecule has 1 saturated carbocycles. The van der Waals surface area contributed by atoms with Crippen LogP contribution in [0.3, 0.4) is 0 Å². The van der Waals surface area contributed by atoms with E-state index in [9.17, 15) is 9.90 Å². The van der Waals surface area contributed by atoms with Crippen LogP contribution in [0.1, 0.15) is 46.0 Å². The molecule has 0 aromatic carbocycles. The first-order chi connectivity index (χ1) is 8.61. The highest BCUT2D eigenvalue weighted by Crippen LogP contribution is 2.30. The maximum atomic E-state index is 12.3. The van der Waals surface area contributed by atoms with Crippen molar-refractivity contribution in [1.29, 1.82) is 0 Å². The van der Waals surface area contributed by atoms with E-state index in [1.165, 1.54) is 0 Å². The van der Waals surface area contributed by atoms with Gasteiger partial charge in [0.25, 0.3) is 0 Å². The van der Waals surface area contributed by atoms with Gasteiger partial charge in [-0.2, -0.15) is 0 Å². The summed E-state index contributed by atoms with van der Waals surface area (Å²) >= 11 is 0. The van der Waals surface area contributed by atoms with Crippen molar-refractivity contribution >= 4 is 5.91 Å². The molecule has 0 aromatic heterocycles. The number of hydrogen-bond acceptors (Lipinski definition) is 3. The summed E-state index contributed by atoms with van der Waals surface area (Å²) in [6.45, 7) is 5.31. The predicted molar refractivity (Wildman–Crippen MR) is 71.2 cm³/mol. The number of likely N-dealkylation sites (tertiary alicyclic amines) is 1. The van der Waals surface area contributed by atoms with Crippen LogP contribution in [-0.2, 0) is 4.79 Å². The standard InChI is InChI=1S/C14H26N2O2/c1-10(2)15-13-6-7-16(14(13)18)12-5-3-4-11(8-12)9-17/h10-13,15,17H,3-9H2,1-2H3. The van der Waals surface area contributed by atoms with Gasteiger partial charge >= 0.3 is 0 Å². The van der Waals surface area contributed by atoms with Crippen LogP contribution in [-0.4, -0.2) is 47.2 Å². The van der Waals surface area contributed by atoms with Crippen LogP contribution in [0.15, 0.2) is 0 Å². The largest absolute Gasteiger partial charge is 0.396 e. The molecule has 4 heteroatoms. The third-order valence-corrected chi connectivity index (χ3v) is 4.23. The fourth-order valence-corrected chi connectivity index (χ4v) is 3.33. The van der Waals surface area contributed by atoms with Crippen LogP contribution in [0.5, 0.6) is 0 Å². The molecule has 104 valence electrons. The van der Waals surface area contributed by atoms with Gasteiger partial charge in [-0.3, -0.25) is 4.79 Å². The Morgan fingerprint density at radius 3 is 2.83 bits per heavy atom. The quantitative estimate of drug-likeness (QED) is 0.791. The van der Waals surface area contributed by atoms with E-state index < -0.39 is 0 Å². The van der Waals surface area contributed by atoms with Gasteiger partial charge in [0.15, 0.2) is 0 Å². The lowest BCUT2D eigenvalue weighted by Crippen LogP contribution is -2.46. The Hall–Kier alpha value is -0.610. The first kappa shape index (κ1) is 13.8. The summed E-state index contributed by atoms with van der Waals surface area (Å²) in [7, 11) is 0. The summed E-state index contributed by atoms with van der Waals surface area (Å²) in [4.78, 5) is 14.4. The third-order valence-electron chi connectivity index (χ3n) is 4.23. The maximum absolute atomic E-state index is 12.3. The van der Waals surface area contributed by atoms with Gasteiger partial charge in [-0.25, -0.2) is 0 Å². The molecule has 0 aromatic rings. The van der Waals surface area contributed by atoms with Crippen molar-refractivity contribution in [2.75, 3.05) is 13.2 Å². The first-order valence-electron chi connectivity index (χ1n) is 7.29. The number of aliphatic hydroxyl groups is 1. The number of nitrogens with zero attached hydrogens (tertiary/aromatic N) is 1. The summed E-state index contributed by atoms with van der Waals surface area (Å²) in [6, 6.07) is 0.734. The highest BCUT2D eigenvalue weighted by Gasteiger charge is 2.37. The predicted octanol–water partition coefficient (Wildman–Crippen LogP) is 1.14. The topological polar surface area (TPSA) is 52.6 Å². The smallest absolute Gasteiger partial charge is 0.240 e. The number of carbonyl (C=O) groups is 1. The van der Waals surface area contributed by atoms with E-state index in [1.807, 2.05) is 0 Å². The van der Waals surface area contributed by atoms with E-state index >= 15 is 0 Å². The molecule has 0 radical (unpaired) electrons. The van der Waals surface area contributed by atoms with Crippen LogP contribution < -0.4 is 5.32 Å². The van der Waals surface area contributed by atoms with Crippen molar-refractivity contribution in [3.8, 4) is 0 Å². The van der Waals surface area contributed by atoms with Gasteiger partial charge in [0.2, 0.25) is 5.91 Å². The minimum absolute atomic E-state index is 0.0134. The summed E-state index contributed by atoms with van der Waals surface area (Å²) in [5.74, 6) is 0.668. The summed E-state index contributed by atoms with van der Waals surface area (Å²) < 4.78 is 0. The van der Waals surface area contributed by atoms with Gasteiger partial charge in [0, 0.05) is 25.2 Å². The molecule has 3 atom stereocenters. The molecule has 1 aliphatic carbocycles. The number of carbonyl (C=O) groups excluding carboxylic acids is 1. The lowest BCUT2D eigenvalue weighted by Gasteiger charge is -2.35. The average Bonchev–Trinajstić information content (AvgIpc) is 2.70. The van der Waals surface area contributed by atoms with Crippen LogP contribution in [0.2, 0.25) is 0 Å². The lowest BCUT2D eigenvalue weighted by atomic mass is 9.85. The molecular formula is C14H26N2O2. The molecule has 1 amide bonds. The fourth-order valence-electron chi connectivity index (χ4n) is 3.33. The molecule has 4 nitrogen and oxygen atoms in total. The second-order valence-electron chi connectivity index (χ2n) is 6.06. The average molecular weight is 254 g/mol. The number of aliphatic hydroxyl groups excluding tert-OH is 1. The van der Waals surface area contributed by atoms with E-state index in [-0.39, 0.29) is 18.6 Å². The third kappa shape index (κ3) is 3.04. The zero-order valence-electron chi connectivity index (χ0n) is 11.6. The molecule has 2 N–H and O–H groups in total. The number of amides is 1. The van der Waals surface area contributed by atoms with E-state index in [4.69, 9.17) is 0 Å². The molecule has 0 spiro atoms. The second kappa shape index (κ2) is 6.02. The van der Waals surface area contributed by atoms with E-state index in [2.05, 4.69) is 24.1 Å². The van der Waals surface area contributed by atoms with Gasteiger partial charge in [-0.05, 0) is 31.6 Å². The van der Waals surface area contributed by atoms with Crippen molar-refractivity contribution in [1.82, 2.24) is 10.2 Å². The van der Waals surface area contributed by atoms with Crippen LogP contribution in [0.25, 0.3) is 0 Å². The number of nitrogens with one attached hydrogen (secondary N) is 1. The molecule has 1 aliphatic heterocycles. The monoisotopic (exact) mass is 254 g/mol. The molecule has 2 aliphatic rings. The fraction of sp³-hybridized carbons (Fsp3) is 0.929. The van der Waals surface area contributed by atoms with Crippen molar-refractivity contribution in [2.24, 2.45) is 5.92 Å². The van der Waals surface area contributed by atoms with Gasteiger partial charge in [-0.15, -0.1) is 0 Å². The highest BCUT2D eigenvalue weighted by molar-refractivity contribution is 5.84. The molecular weight excluding hydrogens is 228 g/mol. The zero-order chi connectivity index (χ0) is 13.1. The zero-order valence-corrected chi connectivity index (χ0v) is 11.6. The number of hydrogen-bond donors (Lipinski definition) is 2. The molecule has 1 saturated heterocycles. The minimum Gasteiger partial charge on any atom is -0.396 e. The Morgan fingerprint density at radius 2 is 2.17 bits per heavy atom. The van der Waals surface area contributed by atoms with Crippen LogP contribution in [0.4, 0.5) is 0 Å².